The first kappa shape index (κ1) is 15.6. The first-order chi connectivity index (χ1) is 9.11. The van der Waals surface area contributed by atoms with E-state index in [9.17, 15) is 9.59 Å². The van der Waals surface area contributed by atoms with E-state index in [1.807, 2.05) is 12.3 Å². The van der Waals surface area contributed by atoms with E-state index in [2.05, 4.69) is 15.6 Å². The fourth-order valence-corrected chi connectivity index (χ4v) is 2.28. The van der Waals surface area contributed by atoms with Crippen LogP contribution in [0, 0.1) is 6.92 Å². The van der Waals surface area contributed by atoms with Gasteiger partial charge in [0.05, 0.1) is 18.1 Å². The first-order valence-corrected chi connectivity index (χ1v) is 7.14. The summed E-state index contributed by atoms with van der Waals surface area (Å²) in [6.07, 6.45) is 2.83. The van der Waals surface area contributed by atoms with E-state index in [-0.39, 0.29) is 24.9 Å². The maximum atomic E-state index is 11.3. The topological polar surface area (TPSA) is 97.1 Å². The molecule has 1 aromatic rings. The van der Waals surface area contributed by atoms with Gasteiger partial charge in [-0.3, -0.25) is 9.59 Å². The maximum Gasteiger partial charge on any atom is 0.239 e. The molecule has 0 saturated heterocycles. The Morgan fingerprint density at radius 1 is 1.32 bits per heavy atom. The lowest BCUT2D eigenvalue weighted by Gasteiger charge is -2.05. The summed E-state index contributed by atoms with van der Waals surface area (Å²) in [6, 6.07) is 0. The van der Waals surface area contributed by atoms with Gasteiger partial charge in [-0.1, -0.05) is 0 Å². The van der Waals surface area contributed by atoms with Crippen molar-refractivity contribution >= 4 is 23.2 Å². The highest BCUT2D eigenvalue weighted by atomic mass is 32.1. The van der Waals surface area contributed by atoms with Gasteiger partial charge in [0.1, 0.15) is 0 Å². The number of hydrogen-bond donors (Lipinski definition) is 3. The van der Waals surface area contributed by atoms with E-state index in [4.69, 9.17) is 5.73 Å². The van der Waals surface area contributed by atoms with Gasteiger partial charge in [-0.25, -0.2) is 4.98 Å². The number of nitrogens with zero attached hydrogens (tertiary/aromatic N) is 1. The number of thiazole rings is 1. The van der Waals surface area contributed by atoms with Gasteiger partial charge in [0.25, 0.3) is 0 Å². The molecule has 2 amide bonds. The smallest absolute Gasteiger partial charge is 0.239 e. The van der Waals surface area contributed by atoms with Crippen molar-refractivity contribution in [1.29, 1.82) is 0 Å². The van der Waals surface area contributed by atoms with Crippen molar-refractivity contribution in [2.75, 3.05) is 19.6 Å². The van der Waals surface area contributed by atoms with Crippen LogP contribution in [0.5, 0.6) is 0 Å². The summed E-state index contributed by atoms with van der Waals surface area (Å²) in [7, 11) is 0. The molecule has 0 saturated carbocycles. The number of carbonyl (C=O) groups excluding carboxylic acids is 2. The fourth-order valence-electron chi connectivity index (χ4n) is 1.46. The molecule has 0 spiro atoms. The minimum Gasteiger partial charge on any atom is -0.355 e. The highest BCUT2D eigenvalue weighted by molar-refractivity contribution is 7.09. The van der Waals surface area contributed by atoms with Gasteiger partial charge < -0.3 is 16.4 Å². The summed E-state index contributed by atoms with van der Waals surface area (Å²) >= 11 is 1.67. The first-order valence-electron chi connectivity index (χ1n) is 6.26. The van der Waals surface area contributed by atoms with Crippen LogP contribution in [-0.2, 0) is 16.0 Å². The van der Waals surface area contributed by atoms with Gasteiger partial charge >= 0.3 is 0 Å². The number of nitrogens with one attached hydrogen (secondary N) is 2. The van der Waals surface area contributed by atoms with E-state index in [0.29, 0.717) is 6.54 Å². The SMILES string of the molecule is Cc1csc(CCCCNC(=O)CNC(=O)CN)n1. The number of hydrogen-bond acceptors (Lipinski definition) is 5. The predicted octanol–water partition coefficient (Wildman–Crippen LogP) is -0.0347. The standard InChI is InChI=1S/C12H20N4O2S/c1-9-8-19-12(16-9)4-2-3-5-14-11(18)7-15-10(17)6-13/h8H,2-7,13H2,1H3,(H,14,18)(H,15,17). The average Bonchev–Trinajstić information content (AvgIpc) is 2.81. The quantitative estimate of drug-likeness (QED) is 0.584. The number of aryl methyl sites for hydroxylation is 2. The van der Waals surface area contributed by atoms with E-state index < -0.39 is 0 Å². The van der Waals surface area contributed by atoms with E-state index >= 15 is 0 Å². The van der Waals surface area contributed by atoms with Crippen LogP contribution in [0.1, 0.15) is 23.5 Å². The molecule has 0 fully saturated rings. The summed E-state index contributed by atoms with van der Waals surface area (Å²) in [5.74, 6) is -0.513. The van der Waals surface area contributed by atoms with Crippen LogP contribution in [-0.4, -0.2) is 36.4 Å². The number of rotatable bonds is 8. The molecule has 0 unspecified atom stereocenters. The van der Waals surface area contributed by atoms with E-state index in [0.717, 1.165) is 30.0 Å². The number of amides is 2. The summed E-state index contributed by atoms with van der Waals surface area (Å²) in [4.78, 5) is 26.5. The molecule has 7 heteroatoms. The molecular formula is C12H20N4O2S. The lowest BCUT2D eigenvalue weighted by atomic mass is 10.2. The molecule has 106 valence electrons. The molecule has 6 nitrogen and oxygen atoms in total. The second-order valence-electron chi connectivity index (χ2n) is 4.17. The Morgan fingerprint density at radius 2 is 2.11 bits per heavy atom. The molecule has 0 atom stereocenters. The van der Waals surface area contributed by atoms with Crippen molar-refractivity contribution in [2.45, 2.75) is 26.2 Å². The Morgan fingerprint density at radius 3 is 2.74 bits per heavy atom. The minimum atomic E-state index is -0.325. The second-order valence-corrected chi connectivity index (χ2v) is 5.11. The Balaban J connectivity index is 2.01. The van der Waals surface area contributed by atoms with Gasteiger partial charge in [-0.05, 0) is 26.2 Å². The third kappa shape index (κ3) is 6.88. The van der Waals surface area contributed by atoms with Crippen LogP contribution in [0.4, 0.5) is 0 Å². The molecule has 1 heterocycles. The molecule has 0 aromatic carbocycles. The summed E-state index contributed by atoms with van der Waals surface area (Å²) < 4.78 is 0. The van der Waals surface area contributed by atoms with Gasteiger partial charge in [-0.2, -0.15) is 0 Å². The van der Waals surface area contributed by atoms with Gasteiger partial charge in [0, 0.05) is 17.6 Å². The summed E-state index contributed by atoms with van der Waals surface area (Å²) in [5, 5.41) is 8.34. The third-order valence-electron chi connectivity index (χ3n) is 2.44. The zero-order chi connectivity index (χ0) is 14.1. The van der Waals surface area contributed by atoms with Crippen LogP contribution in [0.15, 0.2) is 5.38 Å². The highest BCUT2D eigenvalue weighted by Gasteiger charge is 2.03. The van der Waals surface area contributed by atoms with Crippen molar-refractivity contribution < 1.29 is 9.59 Å². The van der Waals surface area contributed by atoms with E-state index in [1.54, 1.807) is 11.3 Å². The molecule has 19 heavy (non-hydrogen) atoms. The Kier molecular flexibility index (Phi) is 7.06. The number of unbranched alkanes of at least 4 members (excludes halogenated alkanes) is 1. The molecule has 0 aliphatic carbocycles. The van der Waals surface area contributed by atoms with Crippen molar-refractivity contribution in [1.82, 2.24) is 15.6 Å². The van der Waals surface area contributed by atoms with Gasteiger partial charge in [0.15, 0.2) is 0 Å². The lowest BCUT2D eigenvalue weighted by Crippen LogP contribution is -2.39. The molecule has 0 aliphatic rings. The molecule has 0 radical (unpaired) electrons. The molecule has 0 bridgehead atoms. The normalized spacial score (nSPS) is 10.2. The number of carbonyl (C=O) groups is 2. The molecule has 4 N–H and O–H groups in total. The molecule has 1 rings (SSSR count). The molecule has 0 aliphatic heterocycles. The maximum absolute atomic E-state index is 11.3. The average molecular weight is 284 g/mol. The fraction of sp³-hybridized carbons (Fsp3) is 0.583. The predicted molar refractivity (Wildman–Crippen MR) is 74.9 cm³/mol. The summed E-state index contributed by atoms with van der Waals surface area (Å²) in [5.41, 5.74) is 6.17. The Hall–Kier alpha value is -1.47. The van der Waals surface area contributed by atoms with Crippen molar-refractivity contribution in [3.8, 4) is 0 Å². The number of aromatic nitrogens is 1. The second kappa shape index (κ2) is 8.60. The monoisotopic (exact) mass is 284 g/mol. The van der Waals surface area contributed by atoms with Crippen LogP contribution in [0.2, 0.25) is 0 Å². The zero-order valence-electron chi connectivity index (χ0n) is 11.1. The highest BCUT2D eigenvalue weighted by Crippen LogP contribution is 2.11. The van der Waals surface area contributed by atoms with E-state index in [1.165, 1.54) is 0 Å². The summed E-state index contributed by atoms with van der Waals surface area (Å²) in [6.45, 7) is 2.49. The van der Waals surface area contributed by atoms with Gasteiger partial charge in [-0.15, -0.1) is 11.3 Å². The largest absolute Gasteiger partial charge is 0.355 e. The van der Waals surface area contributed by atoms with Crippen LogP contribution >= 0.6 is 11.3 Å². The lowest BCUT2D eigenvalue weighted by molar-refractivity contribution is -0.125. The zero-order valence-corrected chi connectivity index (χ0v) is 11.9. The molecular weight excluding hydrogens is 264 g/mol. The third-order valence-corrected chi connectivity index (χ3v) is 3.46. The van der Waals surface area contributed by atoms with Crippen LogP contribution in [0.25, 0.3) is 0 Å². The van der Waals surface area contributed by atoms with Crippen molar-refractivity contribution in [3.63, 3.8) is 0 Å². The number of nitrogens with two attached hydrogens (primary N) is 1. The van der Waals surface area contributed by atoms with Crippen LogP contribution in [0.3, 0.4) is 0 Å². The van der Waals surface area contributed by atoms with Crippen molar-refractivity contribution in [3.05, 3.63) is 16.1 Å². The van der Waals surface area contributed by atoms with Gasteiger partial charge in [0.2, 0.25) is 11.8 Å². The molecule has 1 aromatic heterocycles. The Bertz CT molecular complexity index is 420. The Labute approximate surface area is 116 Å². The minimum absolute atomic E-state index is 0.0122. The van der Waals surface area contributed by atoms with Crippen molar-refractivity contribution in [2.24, 2.45) is 5.73 Å². The van der Waals surface area contributed by atoms with Crippen LogP contribution < -0.4 is 16.4 Å².